The van der Waals surface area contributed by atoms with Gasteiger partial charge in [0.2, 0.25) is 0 Å². The summed E-state index contributed by atoms with van der Waals surface area (Å²) >= 11 is 0. The van der Waals surface area contributed by atoms with Crippen LogP contribution in [0.3, 0.4) is 0 Å². The van der Waals surface area contributed by atoms with Crippen LogP contribution in [0.5, 0.6) is 5.75 Å². The predicted octanol–water partition coefficient (Wildman–Crippen LogP) is 2.55. The zero-order chi connectivity index (χ0) is 13.0. The molecule has 100 valence electrons. The van der Waals surface area contributed by atoms with Crippen molar-refractivity contribution in [3.8, 4) is 5.75 Å². The van der Waals surface area contributed by atoms with E-state index in [2.05, 4.69) is 32.0 Å². The third-order valence-electron chi connectivity index (χ3n) is 3.52. The zero-order valence-corrected chi connectivity index (χ0v) is 11.3. The van der Waals surface area contributed by atoms with E-state index < -0.39 is 0 Å². The van der Waals surface area contributed by atoms with Gasteiger partial charge in [-0.3, -0.25) is 0 Å². The van der Waals surface area contributed by atoms with Crippen LogP contribution in [-0.4, -0.2) is 26.4 Å². The molecule has 2 N–H and O–H groups in total. The predicted molar refractivity (Wildman–Crippen MR) is 72.9 cm³/mol. The van der Waals surface area contributed by atoms with Crippen molar-refractivity contribution in [3.05, 3.63) is 29.8 Å². The van der Waals surface area contributed by atoms with E-state index in [0.29, 0.717) is 5.92 Å². The Morgan fingerprint density at radius 3 is 2.83 bits per heavy atom. The molecule has 1 fully saturated rings. The van der Waals surface area contributed by atoms with Crippen molar-refractivity contribution < 1.29 is 9.47 Å². The van der Waals surface area contributed by atoms with Gasteiger partial charge in [0.15, 0.2) is 0 Å². The van der Waals surface area contributed by atoms with Crippen LogP contribution in [0.1, 0.15) is 31.7 Å². The molecule has 1 unspecified atom stereocenters. The smallest absolute Gasteiger partial charge is 0.119 e. The first-order valence-electron chi connectivity index (χ1n) is 6.63. The van der Waals surface area contributed by atoms with Crippen LogP contribution in [-0.2, 0) is 4.74 Å². The monoisotopic (exact) mass is 249 g/mol. The van der Waals surface area contributed by atoms with Gasteiger partial charge in [0.1, 0.15) is 5.75 Å². The van der Waals surface area contributed by atoms with Crippen molar-refractivity contribution in [2.24, 2.45) is 11.1 Å². The Balaban J connectivity index is 1.94. The molecule has 0 radical (unpaired) electrons. The van der Waals surface area contributed by atoms with E-state index >= 15 is 0 Å². The molecule has 0 amide bonds. The summed E-state index contributed by atoms with van der Waals surface area (Å²) in [6.07, 6.45) is 1.01. The molecule has 1 aromatic carbocycles. The quantitative estimate of drug-likeness (QED) is 0.842. The number of rotatable bonds is 6. The third kappa shape index (κ3) is 3.24. The molecule has 0 saturated carbocycles. The standard InChI is InChI=1S/C15H23NO2/c1-12(6-7-16)13-4-3-5-14(8-13)18-11-15(2)9-17-10-15/h3-5,8,12H,6-7,9-11,16H2,1-2H3. The lowest BCUT2D eigenvalue weighted by Crippen LogP contribution is -2.44. The first-order chi connectivity index (χ1) is 8.63. The lowest BCUT2D eigenvalue weighted by Gasteiger charge is -2.37. The summed E-state index contributed by atoms with van der Waals surface area (Å²) in [6.45, 7) is 7.44. The summed E-state index contributed by atoms with van der Waals surface area (Å²) in [7, 11) is 0. The van der Waals surface area contributed by atoms with Crippen LogP contribution < -0.4 is 10.5 Å². The van der Waals surface area contributed by atoms with E-state index in [1.165, 1.54) is 5.56 Å². The minimum atomic E-state index is 0.193. The van der Waals surface area contributed by atoms with Gasteiger partial charge in [-0.05, 0) is 36.6 Å². The van der Waals surface area contributed by atoms with Gasteiger partial charge in [0, 0.05) is 5.41 Å². The lowest BCUT2D eigenvalue weighted by atomic mass is 9.90. The van der Waals surface area contributed by atoms with E-state index in [1.54, 1.807) is 0 Å². The highest BCUT2D eigenvalue weighted by Gasteiger charge is 2.34. The normalized spacial score (nSPS) is 19.1. The molecular formula is C15H23NO2. The third-order valence-corrected chi connectivity index (χ3v) is 3.52. The SMILES string of the molecule is CC(CCN)c1cccc(OCC2(C)COC2)c1. The molecule has 0 aliphatic carbocycles. The average molecular weight is 249 g/mol. The lowest BCUT2D eigenvalue weighted by molar-refractivity contribution is -0.120. The van der Waals surface area contributed by atoms with Crippen LogP contribution in [0.25, 0.3) is 0 Å². The summed E-state index contributed by atoms with van der Waals surface area (Å²) < 4.78 is 11.1. The van der Waals surface area contributed by atoms with Crippen molar-refractivity contribution in [3.63, 3.8) is 0 Å². The van der Waals surface area contributed by atoms with Crippen molar-refractivity contribution in [2.45, 2.75) is 26.2 Å². The molecule has 3 nitrogen and oxygen atoms in total. The fourth-order valence-corrected chi connectivity index (χ4v) is 2.12. The molecular weight excluding hydrogens is 226 g/mol. The molecule has 0 spiro atoms. The van der Waals surface area contributed by atoms with Crippen LogP contribution in [0.4, 0.5) is 0 Å². The molecule has 3 heteroatoms. The van der Waals surface area contributed by atoms with Gasteiger partial charge in [0.05, 0.1) is 19.8 Å². The fraction of sp³-hybridized carbons (Fsp3) is 0.600. The number of hydrogen-bond acceptors (Lipinski definition) is 3. The summed E-state index contributed by atoms with van der Waals surface area (Å²) in [6, 6.07) is 8.34. The van der Waals surface area contributed by atoms with E-state index in [-0.39, 0.29) is 5.41 Å². The molecule has 1 saturated heterocycles. The summed E-state index contributed by atoms with van der Waals surface area (Å²) in [4.78, 5) is 0. The van der Waals surface area contributed by atoms with Gasteiger partial charge >= 0.3 is 0 Å². The summed E-state index contributed by atoms with van der Waals surface area (Å²) in [5, 5.41) is 0. The highest BCUT2D eigenvalue weighted by atomic mass is 16.5. The number of benzene rings is 1. The molecule has 2 rings (SSSR count). The van der Waals surface area contributed by atoms with Gasteiger partial charge in [-0.1, -0.05) is 26.0 Å². The molecule has 1 atom stereocenters. The first-order valence-corrected chi connectivity index (χ1v) is 6.63. The largest absolute Gasteiger partial charge is 0.493 e. The van der Waals surface area contributed by atoms with Gasteiger partial charge in [-0.2, -0.15) is 0 Å². The summed E-state index contributed by atoms with van der Waals surface area (Å²) in [5.41, 5.74) is 7.09. The second-order valence-electron chi connectivity index (χ2n) is 5.64. The van der Waals surface area contributed by atoms with Crippen LogP contribution in [0, 0.1) is 5.41 Å². The Morgan fingerprint density at radius 1 is 1.44 bits per heavy atom. The Labute approximate surface area is 109 Å². The zero-order valence-electron chi connectivity index (χ0n) is 11.3. The van der Waals surface area contributed by atoms with E-state index in [9.17, 15) is 0 Å². The first kappa shape index (κ1) is 13.4. The van der Waals surface area contributed by atoms with Gasteiger partial charge < -0.3 is 15.2 Å². The van der Waals surface area contributed by atoms with Gasteiger partial charge in [-0.15, -0.1) is 0 Å². The van der Waals surface area contributed by atoms with E-state index in [4.69, 9.17) is 15.2 Å². The molecule has 1 aromatic rings. The van der Waals surface area contributed by atoms with Crippen LogP contribution in [0.15, 0.2) is 24.3 Å². The van der Waals surface area contributed by atoms with Crippen molar-refractivity contribution >= 4 is 0 Å². The second kappa shape index (κ2) is 5.72. The molecule has 0 aromatic heterocycles. The highest BCUT2D eigenvalue weighted by molar-refractivity contribution is 5.30. The number of nitrogens with two attached hydrogens (primary N) is 1. The van der Waals surface area contributed by atoms with E-state index in [0.717, 1.165) is 38.5 Å². The van der Waals surface area contributed by atoms with Crippen molar-refractivity contribution in [2.75, 3.05) is 26.4 Å². The molecule has 18 heavy (non-hydrogen) atoms. The van der Waals surface area contributed by atoms with E-state index in [1.807, 2.05) is 6.07 Å². The Hall–Kier alpha value is -1.06. The van der Waals surface area contributed by atoms with Crippen LogP contribution in [0.2, 0.25) is 0 Å². The fourth-order valence-electron chi connectivity index (χ4n) is 2.12. The average Bonchev–Trinajstić information content (AvgIpc) is 2.35. The Morgan fingerprint density at radius 2 is 2.22 bits per heavy atom. The minimum Gasteiger partial charge on any atom is -0.493 e. The Bertz CT molecular complexity index is 388. The minimum absolute atomic E-state index is 0.193. The maximum atomic E-state index is 5.87. The number of hydrogen-bond donors (Lipinski definition) is 1. The Kier molecular flexibility index (Phi) is 4.25. The van der Waals surface area contributed by atoms with Crippen LogP contribution >= 0.6 is 0 Å². The van der Waals surface area contributed by atoms with Crippen molar-refractivity contribution in [1.29, 1.82) is 0 Å². The van der Waals surface area contributed by atoms with Crippen molar-refractivity contribution in [1.82, 2.24) is 0 Å². The topological polar surface area (TPSA) is 44.5 Å². The number of ether oxygens (including phenoxy) is 2. The summed E-state index contributed by atoms with van der Waals surface area (Å²) in [5.74, 6) is 1.44. The second-order valence-corrected chi connectivity index (χ2v) is 5.64. The molecule has 1 aliphatic rings. The highest BCUT2D eigenvalue weighted by Crippen LogP contribution is 2.28. The van der Waals surface area contributed by atoms with Gasteiger partial charge in [-0.25, -0.2) is 0 Å². The molecule has 0 bridgehead atoms. The van der Waals surface area contributed by atoms with Gasteiger partial charge in [0.25, 0.3) is 0 Å². The maximum Gasteiger partial charge on any atom is 0.119 e. The molecule has 1 aliphatic heterocycles. The molecule has 1 heterocycles. The maximum absolute atomic E-state index is 5.87.